The minimum Gasteiger partial charge on any atom is -0.481 e. The maximum Gasteiger partial charge on any atom is 0.322 e. The van der Waals surface area contributed by atoms with E-state index < -0.39 is 35.3 Å². The van der Waals surface area contributed by atoms with Crippen LogP contribution >= 0.6 is 0 Å². The molecule has 2 aliphatic heterocycles. The van der Waals surface area contributed by atoms with E-state index >= 15 is 0 Å². The van der Waals surface area contributed by atoms with Gasteiger partial charge in [0.15, 0.2) is 0 Å². The quantitative estimate of drug-likeness (QED) is 0.527. The highest BCUT2D eigenvalue weighted by molar-refractivity contribution is 6.07. The Hall–Kier alpha value is -2.12. The molecule has 1 saturated carbocycles. The van der Waals surface area contributed by atoms with Gasteiger partial charge in [-0.25, -0.2) is 4.79 Å². The van der Waals surface area contributed by atoms with Crippen molar-refractivity contribution in [2.75, 3.05) is 13.1 Å². The average molecular weight is 267 g/mol. The fourth-order valence-corrected chi connectivity index (χ4v) is 2.79. The third kappa shape index (κ3) is 1.74. The van der Waals surface area contributed by atoms with Crippen LogP contribution in [0.3, 0.4) is 0 Å². The van der Waals surface area contributed by atoms with Crippen molar-refractivity contribution >= 4 is 23.8 Å². The van der Waals surface area contributed by atoms with E-state index in [2.05, 4.69) is 10.6 Å². The average Bonchev–Trinajstić information content (AvgIpc) is 2.96. The van der Waals surface area contributed by atoms with E-state index in [4.69, 9.17) is 5.11 Å². The lowest BCUT2D eigenvalue weighted by Crippen LogP contribution is -2.49. The molecule has 2 heterocycles. The molecule has 3 rings (SSSR count). The molecule has 3 fully saturated rings. The highest BCUT2D eigenvalue weighted by Gasteiger charge is 2.55. The standard InChI is InChI=1S/C11H13N3O5/c15-7(5-3-6(5)8(16)17)14-2-1-11(4-14)9(18)12-10(19)13-11/h5-6H,1-4H2,(H,16,17)(H2,12,13,18,19)/t5-,6+,11?/m1/s1. The van der Waals surface area contributed by atoms with Crippen LogP contribution in [-0.2, 0) is 14.4 Å². The molecule has 1 unspecified atom stereocenters. The summed E-state index contributed by atoms with van der Waals surface area (Å²) in [6, 6.07) is -0.547. The van der Waals surface area contributed by atoms with Gasteiger partial charge in [0.2, 0.25) is 5.91 Å². The Kier molecular flexibility index (Phi) is 2.32. The Bertz CT molecular complexity index is 505. The van der Waals surface area contributed by atoms with Crippen molar-refractivity contribution in [1.82, 2.24) is 15.5 Å². The first-order valence-electron chi connectivity index (χ1n) is 6.08. The van der Waals surface area contributed by atoms with Crippen molar-refractivity contribution in [3.63, 3.8) is 0 Å². The molecule has 1 spiro atoms. The second-order valence-electron chi connectivity index (χ2n) is 5.29. The van der Waals surface area contributed by atoms with Gasteiger partial charge in [-0.1, -0.05) is 0 Å². The maximum absolute atomic E-state index is 12.1. The van der Waals surface area contributed by atoms with Crippen LogP contribution in [0.2, 0.25) is 0 Å². The first-order chi connectivity index (χ1) is 8.93. The Morgan fingerprint density at radius 3 is 2.58 bits per heavy atom. The summed E-state index contributed by atoms with van der Waals surface area (Å²) in [5.41, 5.74) is -1.03. The third-order valence-electron chi connectivity index (χ3n) is 4.02. The van der Waals surface area contributed by atoms with Gasteiger partial charge in [0, 0.05) is 6.54 Å². The van der Waals surface area contributed by atoms with Gasteiger partial charge in [0.05, 0.1) is 18.4 Å². The number of imide groups is 1. The Morgan fingerprint density at radius 2 is 2.05 bits per heavy atom. The van der Waals surface area contributed by atoms with Gasteiger partial charge in [-0.2, -0.15) is 0 Å². The van der Waals surface area contributed by atoms with Gasteiger partial charge in [-0.15, -0.1) is 0 Å². The van der Waals surface area contributed by atoms with Crippen LogP contribution in [0.25, 0.3) is 0 Å². The molecule has 0 radical (unpaired) electrons. The van der Waals surface area contributed by atoms with E-state index in [-0.39, 0.29) is 12.5 Å². The minimum absolute atomic E-state index is 0.117. The molecule has 2 saturated heterocycles. The summed E-state index contributed by atoms with van der Waals surface area (Å²) in [7, 11) is 0. The normalized spacial score (nSPS) is 36.3. The molecule has 3 N–H and O–H groups in total. The highest BCUT2D eigenvalue weighted by Crippen LogP contribution is 2.41. The molecular weight excluding hydrogens is 254 g/mol. The Morgan fingerprint density at radius 1 is 1.32 bits per heavy atom. The molecule has 102 valence electrons. The molecule has 3 atom stereocenters. The molecular formula is C11H13N3O5. The summed E-state index contributed by atoms with van der Waals surface area (Å²) >= 11 is 0. The second kappa shape index (κ2) is 3.69. The molecule has 0 bridgehead atoms. The number of carboxylic acids is 1. The predicted octanol–water partition coefficient (Wildman–Crippen LogP) is -1.48. The van der Waals surface area contributed by atoms with Gasteiger partial charge in [0.25, 0.3) is 5.91 Å². The van der Waals surface area contributed by atoms with Crippen LogP contribution in [0.15, 0.2) is 0 Å². The van der Waals surface area contributed by atoms with Crippen molar-refractivity contribution in [3.05, 3.63) is 0 Å². The molecule has 8 heteroatoms. The van der Waals surface area contributed by atoms with E-state index in [9.17, 15) is 19.2 Å². The summed E-state index contributed by atoms with van der Waals surface area (Å²) < 4.78 is 0. The minimum atomic E-state index is -1.03. The number of nitrogens with one attached hydrogen (secondary N) is 2. The van der Waals surface area contributed by atoms with E-state index in [1.54, 1.807) is 0 Å². The van der Waals surface area contributed by atoms with Crippen molar-refractivity contribution in [2.24, 2.45) is 11.8 Å². The molecule has 0 aromatic carbocycles. The lowest BCUT2D eigenvalue weighted by atomic mass is 9.99. The molecule has 1 aliphatic carbocycles. The predicted molar refractivity (Wildman–Crippen MR) is 59.8 cm³/mol. The van der Waals surface area contributed by atoms with Gasteiger partial charge in [0.1, 0.15) is 5.54 Å². The number of carbonyl (C=O) groups is 4. The number of hydrogen-bond donors (Lipinski definition) is 3. The largest absolute Gasteiger partial charge is 0.481 e. The smallest absolute Gasteiger partial charge is 0.322 e. The van der Waals surface area contributed by atoms with Gasteiger partial charge < -0.3 is 15.3 Å². The van der Waals surface area contributed by atoms with Crippen LogP contribution in [0.5, 0.6) is 0 Å². The topological polar surface area (TPSA) is 116 Å². The van der Waals surface area contributed by atoms with Crippen LogP contribution < -0.4 is 10.6 Å². The summed E-state index contributed by atoms with van der Waals surface area (Å²) in [5.74, 6) is -2.69. The fourth-order valence-electron chi connectivity index (χ4n) is 2.79. The van der Waals surface area contributed by atoms with Crippen molar-refractivity contribution in [3.8, 4) is 0 Å². The zero-order valence-electron chi connectivity index (χ0n) is 10.0. The lowest BCUT2D eigenvalue weighted by molar-refractivity contribution is -0.141. The zero-order valence-corrected chi connectivity index (χ0v) is 10.0. The Balaban J connectivity index is 1.67. The van der Waals surface area contributed by atoms with Crippen LogP contribution in [0.4, 0.5) is 4.79 Å². The monoisotopic (exact) mass is 267 g/mol. The van der Waals surface area contributed by atoms with Crippen molar-refractivity contribution < 1.29 is 24.3 Å². The van der Waals surface area contributed by atoms with E-state index in [0.717, 1.165) is 0 Å². The van der Waals surface area contributed by atoms with Crippen LogP contribution in [0.1, 0.15) is 12.8 Å². The van der Waals surface area contributed by atoms with Crippen LogP contribution in [-0.4, -0.2) is 52.4 Å². The maximum atomic E-state index is 12.1. The molecule has 3 aliphatic rings. The number of rotatable bonds is 2. The lowest BCUT2D eigenvalue weighted by Gasteiger charge is -2.21. The van der Waals surface area contributed by atoms with Crippen LogP contribution in [0, 0.1) is 11.8 Å². The summed E-state index contributed by atoms with van der Waals surface area (Å²) in [4.78, 5) is 47.1. The van der Waals surface area contributed by atoms with E-state index in [1.165, 1.54) is 4.90 Å². The van der Waals surface area contributed by atoms with E-state index in [0.29, 0.717) is 19.4 Å². The first kappa shape index (κ1) is 11.9. The first-order valence-corrected chi connectivity index (χ1v) is 6.08. The number of carbonyl (C=O) groups excluding carboxylic acids is 3. The van der Waals surface area contributed by atoms with Gasteiger partial charge in [-0.05, 0) is 12.8 Å². The van der Waals surface area contributed by atoms with Crippen molar-refractivity contribution in [2.45, 2.75) is 18.4 Å². The zero-order chi connectivity index (χ0) is 13.8. The van der Waals surface area contributed by atoms with Crippen molar-refractivity contribution in [1.29, 1.82) is 0 Å². The summed E-state index contributed by atoms with van der Waals surface area (Å²) in [6.45, 7) is 0.474. The number of amides is 4. The SMILES string of the molecule is O=C1NC(=O)C2(CCN(C(=O)[C@@H]3C[C@@H]3C(=O)O)C2)N1. The fraction of sp³-hybridized carbons (Fsp3) is 0.636. The molecule has 4 amide bonds. The van der Waals surface area contributed by atoms with Gasteiger partial charge in [-0.3, -0.25) is 19.7 Å². The second-order valence-corrected chi connectivity index (χ2v) is 5.29. The van der Waals surface area contributed by atoms with E-state index in [1.807, 2.05) is 0 Å². The number of nitrogens with zero attached hydrogens (tertiary/aromatic N) is 1. The summed E-state index contributed by atoms with van der Waals surface area (Å²) in [5, 5.41) is 13.5. The molecule has 0 aromatic heterocycles. The molecule has 0 aromatic rings. The number of likely N-dealkylation sites (tertiary alicyclic amines) is 1. The third-order valence-corrected chi connectivity index (χ3v) is 4.02. The molecule has 8 nitrogen and oxygen atoms in total. The Labute approximate surface area is 108 Å². The number of aliphatic carboxylic acids is 1. The number of hydrogen-bond acceptors (Lipinski definition) is 4. The van der Waals surface area contributed by atoms with Gasteiger partial charge >= 0.3 is 12.0 Å². The highest BCUT2D eigenvalue weighted by atomic mass is 16.4. The number of carboxylic acid groups (broad SMARTS) is 1. The summed E-state index contributed by atoms with van der Waals surface area (Å²) in [6.07, 6.45) is 0.719. The number of urea groups is 1. The molecule has 19 heavy (non-hydrogen) atoms.